The topological polar surface area (TPSA) is 85.7 Å². The molecule has 0 saturated heterocycles. The van der Waals surface area contributed by atoms with Crippen molar-refractivity contribution in [2.45, 2.75) is 68.2 Å². The van der Waals surface area contributed by atoms with E-state index in [9.17, 15) is 9.59 Å². The van der Waals surface area contributed by atoms with Gasteiger partial charge in [-0.1, -0.05) is 73.0 Å². The highest BCUT2D eigenvalue weighted by atomic mass is 32.1. The molecule has 266 valence electrons. The maximum absolute atomic E-state index is 13.7. The van der Waals surface area contributed by atoms with Gasteiger partial charge in [0, 0.05) is 43.5 Å². The molecule has 0 aliphatic carbocycles. The number of nitrogens with zero attached hydrogens (tertiary/aromatic N) is 4. The maximum Gasteiger partial charge on any atom is 0.164 e. The van der Waals surface area contributed by atoms with Crippen LogP contribution in [-0.4, -0.2) is 31.5 Å². The number of hydrogen-bond donors (Lipinski definition) is 0. The highest BCUT2D eigenvalue weighted by Crippen LogP contribution is 2.49. The number of thiazole rings is 4. The zero-order chi connectivity index (χ0) is 36.6. The monoisotopic (exact) mass is 834 g/mol. The fourth-order valence-corrected chi connectivity index (χ4v) is 15.1. The number of carbonyl (C=O) groups is 2. The van der Waals surface area contributed by atoms with Crippen LogP contribution in [0, 0.1) is 39.5 Å². The van der Waals surface area contributed by atoms with E-state index in [4.69, 9.17) is 19.9 Å². The van der Waals surface area contributed by atoms with Crippen molar-refractivity contribution in [3.05, 3.63) is 56.3 Å². The summed E-state index contributed by atoms with van der Waals surface area (Å²) in [5.41, 5.74) is 3.91. The molecular weight excluding hydrogens is 801 g/mol. The average Bonchev–Trinajstić information content (AvgIpc) is 3.89. The summed E-state index contributed by atoms with van der Waals surface area (Å²) < 4.78 is 0. The Labute approximate surface area is 334 Å². The largest absolute Gasteiger partial charge is 0.294 e. The first-order valence-corrected chi connectivity index (χ1v) is 23.4. The minimum absolute atomic E-state index is 0.133. The molecule has 14 heteroatoms. The minimum Gasteiger partial charge on any atom is -0.294 e. The number of rotatable bonds is 11. The zero-order valence-electron chi connectivity index (χ0n) is 29.7. The first-order chi connectivity index (χ1) is 24.8. The Kier molecular flexibility index (Phi) is 9.82. The van der Waals surface area contributed by atoms with Crippen LogP contribution in [0.1, 0.15) is 82.1 Å². The first kappa shape index (κ1) is 36.2. The number of fused-ring (bicyclic) bond motifs is 2. The van der Waals surface area contributed by atoms with Gasteiger partial charge < -0.3 is 0 Å². The smallest absolute Gasteiger partial charge is 0.164 e. The van der Waals surface area contributed by atoms with Crippen molar-refractivity contribution in [3.63, 3.8) is 0 Å². The molecule has 0 spiro atoms. The van der Waals surface area contributed by atoms with Crippen molar-refractivity contribution >= 4 is 122 Å². The Hall–Kier alpha value is -2.82. The molecule has 0 saturated carbocycles. The molecule has 8 aromatic rings. The third kappa shape index (κ3) is 6.85. The third-order valence-electron chi connectivity index (χ3n) is 8.31. The van der Waals surface area contributed by atoms with E-state index in [1.807, 2.05) is 13.0 Å². The summed E-state index contributed by atoms with van der Waals surface area (Å²) in [7, 11) is 0. The molecule has 0 aliphatic rings. The van der Waals surface area contributed by atoms with Crippen molar-refractivity contribution in [1.29, 1.82) is 0 Å². The molecule has 0 atom stereocenters. The van der Waals surface area contributed by atoms with Gasteiger partial charge in [0.25, 0.3) is 0 Å². The lowest BCUT2D eigenvalue weighted by Crippen LogP contribution is -2.03. The molecule has 0 N–H and O–H groups in total. The van der Waals surface area contributed by atoms with Crippen LogP contribution in [0.3, 0.4) is 0 Å². The van der Waals surface area contributed by atoms with Crippen LogP contribution in [0.2, 0.25) is 0 Å². The number of aromatic nitrogens is 4. The predicted octanol–water partition coefficient (Wildman–Crippen LogP) is 14.1. The summed E-state index contributed by atoms with van der Waals surface area (Å²) in [4.78, 5) is 59.2. The Bertz CT molecular complexity index is 2580. The molecule has 52 heavy (non-hydrogen) atoms. The van der Waals surface area contributed by atoms with E-state index < -0.39 is 0 Å². The fourth-order valence-electron chi connectivity index (χ4n) is 6.06. The highest BCUT2D eigenvalue weighted by Gasteiger charge is 2.26. The number of carbonyl (C=O) groups excluding carboxylic acids is 2. The predicted molar refractivity (Wildman–Crippen MR) is 229 cm³/mol. The summed E-state index contributed by atoms with van der Waals surface area (Å²) in [6.07, 6.45) is 0.987. The maximum atomic E-state index is 13.7. The standard InChI is InChI=1S/C38H34N4O2S8/c1-15(2)9-23(43)21-13-20(8)46-29(21)33-41-37-38(51-33)42-34(52-37)30-22(24(44)10-16(3)4)14-26(48-30)25-12-18(6)28(47-25)32-40-36-35(50-32)39-31(49-36)27-17(5)11-19(7)45-27/h11-16H,9-10H2,1-8H3. The SMILES string of the molecule is Cc1cc(C)c(-c2nc3sc(-c4sc(-c5cc(C(=O)CC(C)C)c(-c6nc7sc(-c8sc(C)cc8C(=O)CC(C)C)nc7s6)s5)cc4C)nc3s2)s1. The Morgan fingerprint density at radius 2 is 0.846 bits per heavy atom. The molecular formula is C38H34N4O2S8. The Morgan fingerprint density at radius 1 is 0.481 bits per heavy atom. The fraction of sp³-hybridized carbons (Fsp3) is 0.316. The van der Waals surface area contributed by atoms with Crippen LogP contribution in [0.4, 0.5) is 0 Å². The van der Waals surface area contributed by atoms with E-state index in [0.717, 1.165) is 85.3 Å². The van der Waals surface area contributed by atoms with Crippen LogP contribution in [0.25, 0.3) is 68.6 Å². The van der Waals surface area contributed by atoms with Gasteiger partial charge in [-0.15, -0.1) is 45.3 Å². The Morgan fingerprint density at radius 3 is 1.33 bits per heavy atom. The summed E-state index contributed by atoms with van der Waals surface area (Å²) >= 11 is 13.1. The Balaban J connectivity index is 1.13. The molecule has 8 aromatic heterocycles. The molecule has 0 radical (unpaired) electrons. The van der Waals surface area contributed by atoms with Gasteiger partial charge in [-0.05, 0) is 74.9 Å². The summed E-state index contributed by atoms with van der Waals surface area (Å²) in [6, 6.07) is 8.49. The number of thiophene rings is 4. The average molecular weight is 835 g/mol. The molecule has 0 fully saturated rings. The number of hydrogen-bond acceptors (Lipinski definition) is 14. The quantitative estimate of drug-likeness (QED) is 0.121. The van der Waals surface area contributed by atoms with Crippen molar-refractivity contribution in [1.82, 2.24) is 19.9 Å². The molecule has 0 aliphatic heterocycles. The van der Waals surface area contributed by atoms with Gasteiger partial charge in [-0.2, -0.15) is 0 Å². The van der Waals surface area contributed by atoms with Crippen molar-refractivity contribution in [2.24, 2.45) is 11.8 Å². The summed E-state index contributed by atoms with van der Waals surface area (Å²) in [5.74, 6) is 0.825. The van der Waals surface area contributed by atoms with Gasteiger partial charge in [-0.25, -0.2) is 19.9 Å². The minimum atomic E-state index is 0.133. The molecule has 6 nitrogen and oxygen atoms in total. The van der Waals surface area contributed by atoms with Crippen molar-refractivity contribution in [3.8, 4) is 49.3 Å². The molecule has 0 unspecified atom stereocenters. The van der Waals surface area contributed by atoms with Gasteiger partial charge in [0.05, 0.1) is 19.5 Å². The number of aryl methyl sites for hydroxylation is 4. The summed E-state index contributed by atoms with van der Waals surface area (Å²) in [6.45, 7) is 16.8. The lowest BCUT2D eigenvalue weighted by molar-refractivity contribution is 0.0960. The van der Waals surface area contributed by atoms with Gasteiger partial charge in [0.2, 0.25) is 0 Å². The second kappa shape index (κ2) is 14.1. The van der Waals surface area contributed by atoms with Crippen LogP contribution in [0.15, 0.2) is 24.3 Å². The van der Waals surface area contributed by atoms with E-state index in [0.29, 0.717) is 18.8 Å². The summed E-state index contributed by atoms with van der Waals surface area (Å²) in [5, 5.41) is 3.67. The zero-order valence-corrected chi connectivity index (χ0v) is 36.3. The van der Waals surface area contributed by atoms with Gasteiger partial charge >= 0.3 is 0 Å². The van der Waals surface area contributed by atoms with Gasteiger partial charge in [-0.3, -0.25) is 9.59 Å². The normalized spacial score (nSPS) is 12.1. The van der Waals surface area contributed by atoms with Crippen molar-refractivity contribution < 1.29 is 9.59 Å². The van der Waals surface area contributed by atoms with E-state index in [-0.39, 0.29) is 17.5 Å². The molecule has 0 amide bonds. The molecule has 0 bridgehead atoms. The van der Waals surface area contributed by atoms with E-state index in [1.165, 1.54) is 38.0 Å². The van der Waals surface area contributed by atoms with Crippen molar-refractivity contribution in [2.75, 3.05) is 0 Å². The van der Waals surface area contributed by atoms with E-state index in [1.54, 1.807) is 68.0 Å². The number of Topliss-reactive ketones (excluding diaryl/α,β-unsaturated/α-hetero) is 2. The van der Waals surface area contributed by atoms with Crippen LogP contribution < -0.4 is 0 Å². The first-order valence-electron chi connectivity index (χ1n) is 16.9. The molecule has 8 heterocycles. The number of ketones is 2. The second-order valence-electron chi connectivity index (χ2n) is 13.8. The van der Waals surface area contributed by atoms with Gasteiger partial charge in [0.1, 0.15) is 20.0 Å². The third-order valence-corrected chi connectivity index (χ3v) is 17.7. The molecule has 8 rings (SSSR count). The van der Waals surface area contributed by atoms with Gasteiger partial charge in [0.15, 0.2) is 30.9 Å². The lowest BCUT2D eigenvalue weighted by Gasteiger charge is -2.04. The second-order valence-corrected chi connectivity index (χ2v) is 22.3. The van der Waals surface area contributed by atoms with Crippen LogP contribution in [0.5, 0.6) is 0 Å². The lowest BCUT2D eigenvalue weighted by atomic mass is 10.0. The van der Waals surface area contributed by atoms with Crippen LogP contribution >= 0.6 is 90.7 Å². The van der Waals surface area contributed by atoms with E-state index >= 15 is 0 Å². The van der Waals surface area contributed by atoms with E-state index in [2.05, 4.69) is 66.7 Å². The highest BCUT2D eigenvalue weighted by molar-refractivity contribution is 7.34. The van der Waals surface area contributed by atoms with Crippen LogP contribution in [-0.2, 0) is 0 Å². The molecule has 0 aromatic carbocycles.